The molecule has 0 rings (SSSR count). The summed E-state index contributed by atoms with van der Waals surface area (Å²) in [5.41, 5.74) is 0. The molecule has 1 unspecified atom stereocenters. The first-order chi connectivity index (χ1) is 7.64. The van der Waals surface area contributed by atoms with Gasteiger partial charge < -0.3 is 4.52 Å². The molecule has 0 heterocycles. The third kappa shape index (κ3) is 5.47. The second-order valence-electron chi connectivity index (χ2n) is 3.99. The van der Waals surface area contributed by atoms with Crippen molar-refractivity contribution in [1.82, 2.24) is 4.67 Å². The van der Waals surface area contributed by atoms with E-state index in [-0.39, 0.29) is 0 Å². The van der Waals surface area contributed by atoms with Crippen molar-refractivity contribution in [2.45, 2.75) is 53.4 Å². The summed E-state index contributed by atoms with van der Waals surface area (Å²) in [6.45, 7) is 10.5. The fourth-order valence-electron chi connectivity index (χ4n) is 1.76. The number of hydrogen-bond acceptors (Lipinski definition) is 2. The molecule has 0 aliphatic rings. The van der Waals surface area contributed by atoms with Crippen LogP contribution < -0.4 is 0 Å². The first kappa shape index (κ1) is 16.1. The smallest absolute Gasteiger partial charge is 0.272 e. The van der Waals surface area contributed by atoms with Gasteiger partial charge in [0.05, 0.1) is 6.61 Å². The zero-order valence-corrected chi connectivity index (χ0v) is 12.3. The van der Waals surface area contributed by atoms with Gasteiger partial charge in [0.1, 0.15) is 0 Å². The lowest BCUT2D eigenvalue weighted by atomic mass is 10.2. The molecule has 0 aromatic carbocycles. The summed E-state index contributed by atoms with van der Waals surface area (Å²) in [6.07, 6.45) is 5.28. The van der Waals surface area contributed by atoms with Crippen LogP contribution >= 0.6 is 7.52 Å². The first-order valence-corrected chi connectivity index (χ1v) is 8.39. The second-order valence-corrected chi connectivity index (χ2v) is 6.72. The lowest BCUT2D eigenvalue weighted by Crippen LogP contribution is -2.22. The molecule has 0 aromatic rings. The van der Waals surface area contributed by atoms with Gasteiger partial charge in [0, 0.05) is 19.3 Å². The summed E-state index contributed by atoms with van der Waals surface area (Å²) in [5, 5.41) is 0. The fourth-order valence-corrected chi connectivity index (χ4v) is 3.79. The van der Waals surface area contributed by atoms with Crippen molar-refractivity contribution in [2.75, 3.05) is 25.9 Å². The molecular weight excluding hydrogens is 221 g/mol. The fraction of sp³-hybridized carbons (Fsp3) is 1.00. The summed E-state index contributed by atoms with van der Waals surface area (Å²) in [4.78, 5) is 0. The van der Waals surface area contributed by atoms with Crippen LogP contribution in [0.25, 0.3) is 0 Å². The Morgan fingerprint density at radius 1 is 1.00 bits per heavy atom. The molecule has 4 heteroatoms. The Balaban J connectivity index is 4.01. The molecule has 0 saturated carbocycles. The van der Waals surface area contributed by atoms with Crippen LogP contribution in [0.1, 0.15) is 53.4 Å². The highest BCUT2D eigenvalue weighted by Crippen LogP contribution is 2.50. The standard InChI is InChI=1S/C12H28NO2P/c1-5-9-10-11-12-15-16(14,8-4)13(6-2)7-3/h5-12H2,1-4H3. The maximum Gasteiger partial charge on any atom is 0.272 e. The van der Waals surface area contributed by atoms with Crippen molar-refractivity contribution in [3.63, 3.8) is 0 Å². The SMILES string of the molecule is CCCCCCOP(=O)(CC)N(CC)CC. The van der Waals surface area contributed by atoms with E-state index in [1.807, 2.05) is 25.4 Å². The van der Waals surface area contributed by atoms with Crippen molar-refractivity contribution < 1.29 is 9.09 Å². The van der Waals surface area contributed by atoms with Crippen molar-refractivity contribution in [3.05, 3.63) is 0 Å². The zero-order chi connectivity index (χ0) is 12.4. The molecular formula is C12H28NO2P. The molecule has 0 spiro atoms. The Bertz CT molecular complexity index is 205. The Hall–Kier alpha value is 0.150. The average molecular weight is 249 g/mol. The topological polar surface area (TPSA) is 29.5 Å². The highest BCUT2D eigenvalue weighted by Gasteiger charge is 2.26. The van der Waals surface area contributed by atoms with Crippen molar-refractivity contribution >= 4 is 7.52 Å². The Morgan fingerprint density at radius 2 is 1.62 bits per heavy atom. The molecule has 0 saturated heterocycles. The van der Waals surface area contributed by atoms with Crippen LogP contribution in [0.4, 0.5) is 0 Å². The number of unbranched alkanes of at least 4 members (excludes halogenated alkanes) is 3. The second kappa shape index (κ2) is 9.21. The van der Waals surface area contributed by atoms with Crippen LogP contribution in [0.5, 0.6) is 0 Å². The summed E-state index contributed by atoms with van der Waals surface area (Å²) in [7, 11) is -2.53. The normalized spacial score (nSPS) is 15.3. The van der Waals surface area contributed by atoms with Crippen LogP contribution in [-0.4, -0.2) is 30.5 Å². The van der Waals surface area contributed by atoms with E-state index in [2.05, 4.69) is 6.92 Å². The maximum absolute atomic E-state index is 12.5. The van der Waals surface area contributed by atoms with Gasteiger partial charge in [0.15, 0.2) is 0 Å². The first-order valence-electron chi connectivity index (χ1n) is 6.63. The molecule has 98 valence electrons. The summed E-state index contributed by atoms with van der Waals surface area (Å²) in [5.74, 6) is 0. The minimum atomic E-state index is -2.53. The molecule has 0 fully saturated rings. The van der Waals surface area contributed by atoms with Gasteiger partial charge in [-0.1, -0.05) is 47.0 Å². The number of nitrogens with zero attached hydrogens (tertiary/aromatic N) is 1. The van der Waals surface area contributed by atoms with Crippen LogP contribution in [0.2, 0.25) is 0 Å². The molecule has 0 N–H and O–H groups in total. The van der Waals surface area contributed by atoms with Gasteiger partial charge in [0.25, 0.3) is 7.52 Å². The van der Waals surface area contributed by atoms with E-state index < -0.39 is 7.52 Å². The zero-order valence-electron chi connectivity index (χ0n) is 11.4. The predicted octanol–water partition coefficient (Wildman–Crippen LogP) is 4.14. The van der Waals surface area contributed by atoms with Gasteiger partial charge in [-0.25, -0.2) is 4.67 Å². The monoisotopic (exact) mass is 249 g/mol. The van der Waals surface area contributed by atoms with Gasteiger partial charge in [-0.2, -0.15) is 0 Å². The average Bonchev–Trinajstić information content (AvgIpc) is 2.30. The van der Waals surface area contributed by atoms with Gasteiger partial charge in [0.2, 0.25) is 0 Å². The van der Waals surface area contributed by atoms with E-state index in [4.69, 9.17) is 4.52 Å². The van der Waals surface area contributed by atoms with E-state index in [0.29, 0.717) is 12.8 Å². The summed E-state index contributed by atoms with van der Waals surface area (Å²) < 4.78 is 20.1. The molecule has 0 aliphatic carbocycles. The summed E-state index contributed by atoms with van der Waals surface area (Å²) in [6, 6.07) is 0. The van der Waals surface area contributed by atoms with E-state index in [9.17, 15) is 4.57 Å². The lowest BCUT2D eigenvalue weighted by molar-refractivity contribution is 0.259. The molecule has 0 radical (unpaired) electrons. The third-order valence-electron chi connectivity index (χ3n) is 2.85. The van der Waals surface area contributed by atoms with Gasteiger partial charge in [-0.05, 0) is 6.42 Å². The quantitative estimate of drug-likeness (QED) is 0.430. The molecule has 0 amide bonds. The van der Waals surface area contributed by atoms with Gasteiger partial charge in [-0.3, -0.25) is 4.57 Å². The molecule has 3 nitrogen and oxygen atoms in total. The molecule has 0 aromatic heterocycles. The van der Waals surface area contributed by atoms with Crippen LogP contribution in [0, 0.1) is 0 Å². The highest BCUT2D eigenvalue weighted by atomic mass is 31.2. The van der Waals surface area contributed by atoms with Crippen molar-refractivity contribution in [3.8, 4) is 0 Å². The van der Waals surface area contributed by atoms with Gasteiger partial charge in [-0.15, -0.1) is 0 Å². The van der Waals surface area contributed by atoms with Crippen molar-refractivity contribution in [1.29, 1.82) is 0 Å². The molecule has 16 heavy (non-hydrogen) atoms. The molecule has 0 aliphatic heterocycles. The Morgan fingerprint density at radius 3 is 2.06 bits per heavy atom. The Labute approximate surface area is 101 Å². The van der Waals surface area contributed by atoms with E-state index >= 15 is 0 Å². The predicted molar refractivity (Wildman–Crippen MR) is 71.2 cm³/mol. The van der Waals surface area contributed by atoms with E-state index in [1.165, 1.54) is 19.3 Å². The number of rotatable bonds is 10. The number of hydrogen-bond donors (Lipinski definition) is 0. The van der Waals surface area contributed by atoms with Crippen molar-refractivity contribution in [2.24, 2.45) is 0 Å². The van der Waals surface area contributed by atoms with E-state index in [0.717, 1.165) is 19.5 Å². The molecule has 1 atom stereocenters. The maximum atomic E-state index is 12.5. The van der Waals surface area contributed by atoms with E-state index in [1.54, 1.807) is 0 Å². The minimum Gasteiger partial charge on any atom is -0.317 e. The van der Waals surface area contributed by atoms with Gasteiger partial charge >= 0.3 is 0 Å². The Kier molecular flexibility index (Phi) is 9.29. The minimum absolute atomic E-state index is 0.614. The third-order valence-corrected chi connectivity index (χ3v) is 5.66. The largest absolute Gasteiger partial charge is 0.317 e. The summed E-state index contributed by atoms with van der Waals surface area (Å²) >= 11 is 0. The lowest BCUT2D eigenvalue weighted by Gasteiger charge is -2.28. The highest BCUT2D eigenvalue weighted by molar-refractivity contribution is 7.56. The van der Waals surface area contributed by atoms with Crippen LogP contribution in [0.15, 0.2) is 0 Å². The van der Waals surface area contributed by atoms with Crippen LogP contribution in [-0.2, 0) is 9.09 Å². The molecule has 0 bridgehead atoms. The van der Waals surface area contributed by atoms with Crippen LogP contribution in [0.3, 0.4) is 0 Å².